The van der Waals surface area contributed by atoms with E-state index in [-0.39, 0.29) is 0 Å². The monoisotopic (exact) mass is 268 g/mol. The van der Waals surface area contributed by atoms with Crippen LogP contribution in [0.1, 0.15) is 45.1 Å². The highest BCUT2D eigenvalue weighted by Crippen LogP contribution is 2.46. The Hall–Kier alpha value is -0.590. The molecule has 2 nitrogen and oxygen atoms in total. The van der Waals surface area contributed by atoms with Crippen LogP contribution in [0.25, 0.3) is 0 Å². The highest BCUT2D eigenvalue weighted by atomic mass is 31.2. The van der Waals surface area contributed by atoms with E-state index in [1.54, 1.807) is 0 Å². The topological polar surface area (TPSA) is 37.3 Å². The summed E-state index contributed by atoms with van der Waals surface area (Å²) in [4.78, 5) is 10.1. The molecular weight excluding hydrogens is 243 g/mol. The van der Waals surface area contributed by atoms with Crippen LogP contribution < -0.4 is 0 Å². The summed E-state index contributed by atoms with van der Waals surface area (Å²) in [7, 11) is -3.02. The summed E-state index contributed by atoms with van der Waals surface area (Å²) in [6, 6.07) is 9.61. The molecular formula is C15H25O2P. The lowest BCUT2D eigenvalue weighted by atomic mass is 10.1. The van der Waals surface area contributed by atoms with Gasteiger partial charge in [-0.05, 0) is 11.5 Å². The molecule has 0 aliphatic carbocycles. The van der Waals surface area contributed by atoms with Crippen LogP contribution in [-0.2, 0) is 10.7 Å². The van der Waals surface area contributed by atoms with E-state index in [0.717, 1.165) is 12.0 Å². The van der Waals surface area contributed by atoms with Gasteiger partial charge in [-0.2, -0.15) is 0 Å². The molecule has 2 atom stereocenters. The van der Waals surface area contributed by atoms with E-state index in [1.807, 2.05) is 30.3 Å². The van der Waals surface area contributed by atoms with Gasteiger partial charge in [0.05, 0.1) is 0 Å². The second-order valence-electron chi connectivity index (χ2n) is 5.27. The fourth-order valence-electron chi connectivity index (χ4n) is 2.25. The molecule has 1 aromatic rings. The Morgan fingerprint density at radius 2 is 1.89 bits per heavy atom. The first-order chi connectivity index (χ1) is 8.53. The molecule has 0 bridgehead atoms. The highest BCUT2D eigenvalue weighted by molar-refractivity contribution is 7.57. The summed E-state index contributed by atoms with van der Waals surface area (Å²) in [6.07, 6.45) is 5.42. The first-order valence-corrected chi connectivity index (χ1v) is 8.91. The molecule has 1 aromatic carbocycles. The zero-order valence-corrected chi connectivity index (χ0v) is 12.4. The van der Waals surface area contributed by atoms with Crippen LogP contribution in [-0.4, -0.2) is 11.1 Å². The maximum atomic E-state index is 12.2. The van der Waals surface area contributed by atoms with Gasteiger partial charge < -0.3 is 4.89 Å². The third-order valence-corrected chi connectivity index (χ3v) is 5.22. The maximum Gasteiger partial charge on any atom is 0.205 e. The van der Waals surface area contributed by atoms with Crippen molar-refractivity contribution in [3.63, 3.8) is 0 Å². The van der Waals surface area contributed by atoms with Crippen LogP contribution in [0.5, 0.6) is 0 Å². The zero-order chi connectivity index (χ0) is 13.4. The maximum absolute atomic E-state index is 12.2. The van der Waals surface area contributed by atoms with Crippen molar-refractivity contribution in [2.24, 2.45) is 5.92 Å². The third kappa shape index (κ3) is 6.37. The number of hydrogen-bond acceptors (Lipinski definition) is 1. The minimum absolute atomic E-state index is 0.311. The van der Waals surface area contributed by atoms with Crippen LogP contribution in [0.4, 0.5) is 0 Å². The molecule has 0 heterocycles. The number of hydrogen-bond donors (Lipinski definition) is 1. The summed E-state index contributed by atoms with van der Waals surface area (Å²) >= 11 is 0. The molecule has 1 N–H and O–H groups in total. The summed E-state index contributed by atoms with van der Waals surface area (Å²) in [6.45, 7) is 4.26. The molecule has 0 aromatic heterocycles. The number of rotatable bonds is 8. The van der Waals surface area contributed by atoms with E-state index >= 15 is 0 Å². The van der Waals surface area contributed by atoms with Gasteiger partial charge in [0.2, 0.25) is 7.37 Å². The van der Waals surface area contributed by atoms with Crippen molar-refractivity contribution in [3.05, 3.63) is 35.9 Å². The van der Waals surface area contributed by atoms with Crippen molar-refractivity contribution in [2.75, 3.05) is 6.16 Å². The molecule has 0 radical (unpaired) electrons. The average molecular weight is 268 g/mol. The van der Waals surface area contributed by atoms with Crippen LogP contribution >= 0.6 is 7.37 Å². The lowest BCUT2D eigenvalue weighted by Gasteiger charge is -2.17. The first-order valence-electron chi connectivity index (χ1n) is 6.88. The molecule has 0 amide bonds. The SMILES string of the molecule is CCCCCC(C)CP(=O)(O)Cc1ccccc1. The van der Waals surface area contributed by atoms with Crippen molar-refractivity contribution >= 4 is 7.37 Å². The quantitative estimate of drug-likeness (QED) is 0.549. The van der Waals surface area contributed by atoms with E-state index in [1.165, 1.54) is 19.3 Å². The Kier molecular flexibility index (Phi) is 6.67. The molecule has 0 spiro atoms. The minimum atomic E-state index is -3.02. The molecule has 18 heavy (non-hydrogen) atoms. The summed E-state index contributed by atoms with van der Waals surface area (Å²) in [5.41, 5.74) is 0.962. The van der Waals surface area contributed by atoms with Crippen LogP contribution in [0.2, 0.25) is 0 Å². The summed E-state index contributed by atoms with van der Waals surface area (Å²) in [5, 5.41) is 0. The Bertz CT molecular complexity index is 375. The standard InChI is InChI=1S/C15H25O2P/c1-3-4-6-9-14(2)12-18(16,17)13-15-10-7-5-8-11-15/h5,7-8,10-11,14H,3-4,6,9,12-13H2,1-2H3,(H,16,17). The molecule has 0 aliphatic rings. The van der Waals surface area contributed by atoms with Gasteiger partial charge >= 0.3 is 0 Å². The smallest absolute Gasteiger partial charge is 0.205 e. The second kappa shape index (κ2) is 7.76. The summed E-state index contributed by atoms with van der Waals surface area (Å²) in [5.74, 6) is 0.344. The normalized spacial score (nSPS) is 16.2. The Morgan fingerprint density at radius 3 is 2.50 bits per heavy atom. The van der Waals surface area contributed by atoms with E-state index in [9.17, 15) is 9.46 Å². The van der Waals surface area contributed by atoms with Crippen molar-refractivity contribution in [2.45, 2.75) is 45.7 Å². The van der Waals surface area contributed by atoms with E-state index in [0.29, 0.717) is 18.2 Å². The lowest BCUT2D eigenvalue weighted by molar-refractivity contribution is 0.452. The van der Waals surface area contributed by atoms with Gasteiger partial charge in [-0.15, -0.1) is 0 Å². The third-order valence-electron chi connectivity index (χ3n) is 3.17. The molecule has 0 fully saturated rings. The Morgan fingerprint density at radius 1 is 1.22 bits per heavy atom. The fourth-order valence-corrected chi connectivity index (χ4v) is 4.32. The van der Waals surface area contributed by atoms with Gasteiger partial charge in [0.25, 0.3) is 0 Å². The van der Waals surface area contributed by atoms with Crippen LogP contribution in [0.15, 0.2) is 30.3 Å². The molecule has 0 aliphatic heterocycles. The van der Waals surface area contributed by atoms with Gasteiger partial charge in [0.1, 0.15) is 0 Å². The Balaban J connectivity index is 2.41. The Labute approximate surface area is 111 Å². The van der Waals surface area contributed by atoms with Crippen molar-refractivity contribution in [1.82, 2.24) is 0 Å². The van der Waals surface area contributed by atoms with Gasteiger partial charge in [-0.25, -0.2) is 0 Å². The highest BCUT2D eigenvalue weighted by Gasteiger charge is 2.21. The van der Waals surface area contributed by atoms with Gasteiger partial charge in [0.15, 0.2) is 0 Å². The van der Waals surface area contributed by atoms with E-state index < -0.39 is 7.37 Å². The number of benzene rings is 1. The summed E-state index contributed by atoms with van der Waals surface area (Å²) < 4.78 is 12.2. The zero-order valence-electron chi connectivity index (χ0n) is 11.5. The average Bonchev–Trinajstić information content (AvgIpc) is 2.29. The first kappa shape index (κ1) is 15.5. The second-order valence-corrected chi connectivity index (χ2v) is 7.65. The fraction of sp³-hybridized carbons (Fsp3) is 0.600. The predicted molar refractivity (Wildman–Crippen MR) is 78.1 cm³/mol. The molecule has 102 valence electrons. The number of unbranched alkanes of at least 4 members (excludes halogenated alkanes) is 2. The lowest BCUT2D eigenvalue weighted by Crippen LogP contribution is -2.04. The predicted octanol–water partition coefficient (Wildman–Crippen LogP) is 4.67. The molecule has 0 saturated carbocycles. The van der Waals surface area contributed by atoms with Crippen LogP contribution in [0, 0.1) is 5.92 Å². The molecule has 1 rings (SSSR count). The van der Waals surface area contributed by atoms with Gasteiger partial charge in [-0.3, -0.25) is 4.57 Å². The van der Waals surface area contributed by atoms with Gasteiger partial charge in [-0.1, -0.05) is 69.9 Å². The van der Waals surface area contributed by atoms with E-state index in [4.69, 9.17) is 0 Å². The van der Waals surface area contributed by atoms with Gasteiger partial charge in [0, 0.05) is 12.3 Å². The van der Waals surface area contributed by atoms with Crippen molar-refractivity contribution in [3.8, 4) is 0 Å². The molecule has 3 heteroatoms. The van der Waals surface area contributed by atoms with Crippen molar-refractivity contribution in [1.29, 1.82) is 0 Å². The minimum Gasteiger partial charge on any atom is -0.344 e. The largest absolute Gasteiger partial charge is 0.344 e. The molecule has 0 saturated heterocycles. The van der Waals surface area contributed by atoms with E-state index in [2.05, 4.69) is 13.8 Å². The van der Waals surface area contributed by atoms with Crippen molar-refractivity contribution < 1.29 is 9.46 Å². The molecule has 2 unspecified atom stereocenters. The van der Waals surface area contributed by atoms with Crippen LogP contribution in [0.3, 0.4) is 0 Å².